The summed E-state index contributed by atoms with van der Waals surface area (Å²) < 4.78 is 18.1. The molecule has 0 aliphatic heterocycles. The molecule has 80 valence electrons. The number of para-hydroxylation sites is 1. The predicted octanol–water partition coefficient (Wildman–Crippen LogP) is 2.41. The first kappa shape index (κ1) is 12.3. The van der Waals surface area contributed by atoms with Gasteiger partial charge < -0.3 is 14.2 Å². The van der Waals surface area contributed by atoms with Crippen LogP contribution in [0.15, 0.2) is 30.3 Å². The van der Waals surface area contributed by atoms with Gasteiger partial charge in [0.2, 0.25) is 0 Å². The van der Waals surface area contributed by atoms with E-state index >= 15 is 0 Å². The molecule has 1 aromatic rings. The first-order valence-corrected chi connectivity index (χ1v) is 5.43. The van der Waals surface area contributed by atoms with Crippen LogP contribution in [0, 0.1) is 9.85 Å². The van der Waals surface area contributed by atoms with Crippen molar-refractivity contribution in [1.29, 1.82) is 0 Å². The molecule has 0 aliphatic carbocycles. The molecule has 0 spiro atoms. The molecular formula is C11H11IO3. The minimum absolute atomic E-state index is 0.182. The number of rotatable bonds is 6. The van der Waals surface area contributed by atoms with Gasteiger partial charge in [-0.25, -0.2) is 0 Å². The Bertz CT molecular complexity index is 316. The van der Waals surface area contributed by atoms with Crippen LogP contribution in [-0.4, -0.2) is 20.2 Å². The van der Waals surface area contributed by atoms with Crippen molar-refractivity contribution in [2.45, 2.75) is 0 Å². The molecule has 0 unspecified atom stereocenters. The van der Waals surface area contributed by atoms with Gasteiger partial charge in [0.25, 0.3) is 0 Å². The minimum atomic E-state index is 0.182. The lowest BCUT2D eigenvalue weighted by atomic mass is 10.3. The van der Waals surface area contributed by atoms with Crippen LogP contribution in [0.1, 0.15) is 0 Å². The number of ether oxygens (including phenoxy) is 3. The summed E-state index contributed by atoms with van der Waals surface area (Å²) in [7, 11) is 0. The molecule has 0 aliphatic rings. The van der Waals surface area contributed by atoms with Crippen molar-refractivity contribution < 1.29 is 14.2 Å². The Hall–Kier alpha value is -0.770. The Morgan fingerprint density at radius 2 is 1.87 bits per heavy atom. The molecule has 0 atom stereocenters. The van der Waals surface area contributed by atoms with Gasteiger partial charge in [-0.05, 0) is 16.1 Å². The second-order valence-corrected chi connectivity index (χ2v) is 3.06. The fourth-order valence-corrected chi connectivity index (χ4v) is 0.995. The van der Waals surface area contributed by atoms with Gasteiger partial charge in [-0.2, -0.15) is 0 Å². The summed E-state index contributed by atoms with van der Waals surface area (Å²) in [6.45, 7) is 0.758. The van der Waals surface area contributed by atoms with Crippen molar-refractivity contribution in [2.75, 3.05) is 20.2 Å². The van der Waals surface area contributed by atoms with E-state index in [1.165, 1.54) is 0 Å². The predicted molar refractivity (Wildman–Crippen MR) is 65.6 cm³/mol. The molecule has 3 nitrogen and oxygen atoms in total. The molecule has 0 saturated heterocycles. The summed E-state index contributed by atoms with van der Waals surface area (Å²) in [6.07, 6.45) is 0. The van der Waals surface area contributed by atoms with Gasteiger partial charge in [0.1, 0.15) is 12.4 Å². The first-order chi connectivity index (χ1) is 7.43. The smallest absolute Gasteiger partial charge is 0.191 e. The van der Waals surface area contributed by atoms with E-state index in [1.807, 2.05) is 52.9 Å². The zero-order valence-corrected chi connectivity index (χ0v) is 10.3. The number of benzene rings is 1. The highest BCUT2D eigenvalue weighted by molar-refractivity contribution is 14.1. The Balaban J connectivity index is 1.99. The third kappa shape index (κ3) is 6.33. The highest BCUT2D eigenvalue weighted by Gasteiger charge is 1.90. The van der Waals surface area contributed by atoms with E-state index < -0.39 is 0 Å². The van der Waals surface area contributed by atoms with Gasteiger partial charge in [0, 0.05) is 22.6 Å². The molecule has 0 N–H and O–H groups in total. The summed E-state index contributed by atoms with van der Waals surface area (Å²) in [5, 5.41) is 0. The Labute approximate surface area is 103 Å². The number of halogens is 1. The highest BCUT2D eigenvalue weighted by Crippen LogP contribution is 2.07. The van der Waals surface area contributed by atoms with Gasteiger partial charge in [-0.15, -0.1) is 0 Å². The molecule has 0 bridgehead atoms. The molecule has 1 rings (SSSR count). The maximum Gasteiger partial charge on any atom is 0.191 e. The zero-order valence-electron chi connectivity index (χ0n) is 8.11. The third-order valence-electron chi connectivity index (χ3n) is 1.46. The van der Waals surface area contributed by atoms with E-state index in [9.17, 15) is 0 Å². The van der Waals surface area contributed by atoms with Crippen LogP contribution >= 0.6 is 22.6 Å². The minimum Gasteiger partial charge on any atom is -0.467 e. The van der Waals surface area contributed by atoms with Crippen molar-refractivity contribution in [1.82, 2.24) is 0 Å². The molecule has 0 aromatic heterocycles. The Morgan fingerprint density at radius 1 is 1.07 bits per heavy atom. The van der Waals surface area contributed by atoms with Crippen molar-refractivity contribution in [3.63, 3.8) is 0 Å². The Kier molecular flexibility index (Phi) is 7.00. The van der Waals surface area contributed by atoms with Crippen LogP contribution in [0.4, 0.5) is 0 Å². The summed E-state index contributed by atoms with van der Waals surface area (Å²) >= 11 is 1.96. The van der Waals surface area contributed by atoms with E-state index in [0.29, 0.717) is 6.61 Å². The first-order valence-electron chi connectivity index (χ1n) is 4.35. The zero-order chi connectivity index (χ0) is 10.8. The molecule has 0 heterocycles. The average Bonchev–Trinajstić information content (AvgIpc) is 2.29. The highest BCUT2D eigenvalue weighted by atomic mass is 127. The summed E-state index contributed by atoms with van der Waals surface area (Å²) in [5.41, 5.74) is 0. The van der Waals surface area contributed by atoms with Gasteiger partial charge >= 0.3 is 0 Å². The normalized spacial score (nSPS) is 9.13. The van der Waals surface area contributed by atoms with E-state index in [0.717, 1.165) is 5.75 Å². The van der Waals surface area contributed by atoms with E-state index in [2.05, 4.69) is 9.85 Å². The van der Waals surface area contributed by atoms with Gasteiger partial charge in [0.15, 0.2) is 13.6 Å². The van der Waals surface area contributed by atoms with Crippen LogP contribution in [0.3, 0.4) is 0 Å². The lowest BCUT2D eigenvalue weighted by molar-refractivity contribution is -0.0913. The molecule has 0 amide bonds. The van der Waals surface area contributed by atoms with E-state index in [-0.39, 0.29) is 13.6 Å². The second-order valence-electron chi connectivity index (χ2n) is 2.52. The van der Waals surface area contributed by atoms with Gasteiger partial charge in [0.05, 0.1) is 0 Å². The molecule has 0 saturated carbocycles. The lowest BCUT2D eigenvalue weighted by Gasteiger charge is -2.06. The SMILES string of the molecule is IC#CCOCOCOc1ccccc1. The Morgan fingerprint density at radius 3 is 2.60 bits per heavy atom. The molecule has 0 fully saturated rings. The third-order valence-corrected chi connectivity index (χ3v) is 1.84. The van der Waals surface area contributed by atoms with E-state index in [4.69, 9.17) is 14.2 Å². The van der Waals surface area contributed by atoms with Crippen molar-refractivity contribution in [3.05, 3.63) is 30.3 Å². The molecule has 1 aromatic carbocycles. The number of hydrogen-bond donors (Lipinski definition) is 0. The molecule has 4 heteroatoms. The van der Waals surface area contributed by atoms with Crippen LogP contribution < -0.4 is 4.74 Å². The lowest BCUT2D eigenvalue weighted by Crippen LogP contribution is -2.06. The quantitative estimate of drug-likeness (QED) is 0.349. The summed E-state index contributed by atoms with van der Waals surface area (Å²) in [5.74, 6) is 3.53. The topological polar surface area (TPSA) is 27.7 Å². The van der Waals surface area contributed by atoms with E-state index in [1.54, 1.807) is 0 Å². The van der Waals surface area contributed by atoms with Crippen LogP contribution in [0.5, 0.6) is 5.75 Å². The molecule has 15 heavy (non-hydrogen) atoms. The fraction of sp³-hybridized carbons (Fsp3) is 0.273. The maximum atomic E-state index is 5.27. The fourth-order valence-electron chi connectivity index (χ4n) is 0.839. The average molecular weight is 318 g/mol. The van der Waals surface area contributed by atoms with Gasteiger partial charge in [-0.3, -0.25) is 0 Å². The largest absolute Gasteiger partial charge is 0.467 e. The summed E-state index contributed by atoms with van der Waals surface area (Å²) in [4.78, 5) is 0. The maximum absolute atomic E-state index is 5.27. The second kappa shape index (κ2) is 8.53. The number of hydrogen-bond acceptors (Lipinski definition) is 3. The van der Waals surface area contributed by atoms with Crippen molar-refractivity contribution in [2.24, 2.45) is 0 Å². The summed E-state index contributed by atoms with van der Waals surface area (Å²) in [6, 6.07) is 9.47. The van der Waals surface area contributed by atoms with Crippen molar-refractivity contribution >= 4 is 22.6 Å². The molecule has 0 radical (unpaired) electrons. The van der Waals surface area contributed by atoms with Crippen LogP contribution in [0.2, 0.25) is 0 Å². The van der Waals surface area contributed by atoms with Crippen LogP contribution in [-0.2, 0) is 9.47 Å². The van der Waals surface area contributed by atoms with Crippen molar-refractivity contribution in [3.8, 4) is 15.6 Å². The van der Waals surface area contributed by atoms with Crippen LogP contribution in [0.25, 0.3) is 0 Å². The van der Waals surface area contributed by atoms with Gasteiger partial charge in [-0.1, -0.05) is 24.1 Å². The molecular weight excluding hydrogens is 307 g/mol. The standard InChI is InChI=1S/C11H11IO3/c12-7-4-8-13-9-14-10-15-11-5-2-1-3-6-11/h1-3,5-6H,8-10H2. The monoisotopic (exact) mass is 318 g/mol.